The van der Waals surface area contributed by atoms with E-state index in [0.717, 1.165) is 11.3 Å². The first kappa shape index (κ1) is 15.8. The van der Waals surface area contributed by atoms with Gasteiger partial charge in [0.05, 0.1) is 25.3 Å². The normalized spacial score (nSPS) is 10.6. The highest BCUT2D eigenvalue weighted by Crippen LogP contribution is 2.24. The Morgan fingerprint density at radius 1 is 1.04 bits per heavy atom. The topological polar surface area (TPSA) is 57.5 Å². The quantitative estimate of drug-likeness (QED) is 0.693. The second-order valence-corrected chi connectivity index (χ2v) is 5.41. The summed E-state index contributed by atoms with van der Waals surface area (Å²) in [6.07, 6.45) is 1.53. The Morgan fingerprint density at radius 2 is 1.79 bits per heavy atom. The number of esters is 1. The Morgan fingerprint density at radius 3 is 2.46 bits per heavy atom. The first-order valence-electron chi connectivity index (χ1n) is 7.44. The van der Waals surface area contributed by atoms with Crippen LogP contribution in [0.15, 0.2) is 48.7 Å². The van der Waals surface area contributed by atoms with Crippen molar-refractivity contribution in [1.82, 2.24) is 4.57 Å². The number of benzene rings is 2. The average molecular weight is 323 g/mol. The minimum atomic E-state index is -0.469. The molecule has 0 atom stereocenters. The number of aromatic nitrogens is 1. The van der Waals surface area contributed by atoms with Crippen LogP contribution in [-0.4, -0.2) is 30.7 Å². The molecule has 0 amide bonds. The predicted molar refractivity (Wildman–Crippen MR) is 90.7 cm³/mol. The second kappa shape index (κ2) is 6.20. The van der Waals surface area contributed by atoms with E-state index in [0.29, 0.717) is 22.0 Å². The highest BCUT2D eigenvalue weighted by atomic mass is 16.5. The zero-order chi connectivity index (χ0) is 17.3. The summed E-state index contributed by atoms with van der Waals surface area (Å²) in [5.74, 6) is 0.0370. The van der Waals surface area contributed by atoms with Gasteiger partial charge in [-0.1, -0.05) is 18.2 Å². The molecule has 1 aromatic heterocycles. The van der Waals surface area contributed by atoms with Crippen LogP contribution in [0.5, 0.6) is 5.75 Å². The number of carbonyl (C=O) groups is 2. The molecule has 24 heavy (non-hydrogen) atoms. The molecule has 2 aromatic carbocycles. The van der Waals surface area contributed by atoms with E-state index in [2.05, 4.69) is 0 Å². The molecule has 1 heterocycles. The predicted octanol–water partition coefficient (Wildman–Crippen LogP) is 3.43. The Hall–Kier alpha value is -3.08. The maximum atomic E-state index is 12.9. The van der Waals surface area contributed by atoms with Crippen molar-refractivity contribution in [1.29, 1.82) is 0 Å². The largest absolute Gasteiger partial charge is 0.496 e. The van der Waals surface area contributed by atoms with Gasteiger partial charge >= 0.3 is 5.97 Å². The molecule has 0 N–H and O–H groups in total. The van der Waals surface area contributed by atoms with Gasteiger partial charge in [0.15, 0.2) is 0 Å². The van der Waals surface area contributed by atoms with Crippen molar-refractivity contribution in [3.8, 4) is 5.75 Å². The van der Waals surface area contributed by atoms with Crippen molar-refractivity contribution in [3.05, 3.63) is 65.4 Å². The smallest absolute Gasteiger partial charge is 0.340 e. The molecule has 0 spiro atoms. The van der Waals surface area contributed by atoms with Crippen molar-refractivity contribution >= 4 is 22.8 Å². The van der Waals surface area contributed by atoms with Crippen molar-refractivity contribution in [2.75, 3.05) is 14.2 Å². The standard InChI is InChI=1S/C19H17NO4/c1-12-10-13(8-9-17(12)23-2)18(21)20-11-15(19(22)24-3)14-6-4-5-7-16(14)20/h4-11H,1-3H3. The van der Waals surface area contributed by atoms with Crippen molar-refractivity contribution < 1.29 is 19.1 Å². The summed E-state index contributed by atoms with van der Waals surface area (Å²) in [6, 6.07) is 12.5. The third kappa shape index (κ3) is 2.54. The third-order valence-corrected chi connectivity index (χ3v) is 3.98. The fourth-order valence-electron chi connectivity index (χ4n) is 2.77. The molecule has 3 rings (SSSR count). The van der Waals surface area contributed by atoms with Crippen molar-refractivity contribution in [3.63, 3.8) is 0 Å². The lowest BCUT2D eigenvalue weighted by atomic mass is 10.1. The van der Waals surface area contributed by atoms with Crippen LogP contribution in [0.2, 0.25) is 0 Å². The molecule has 0 aliphatic carbocycles. The molecule has 0 saturated heterocycles. The second-order valence-electron chi connectivity index (χ2n) is 5.41. The zero-order valence-electron chi connectivity index (χ0n) is 13.7. The third-order valence-electron chi connectivity index (χ3n) is 3.98. The minimum Gasteiger partial charge on any atom is -0.496 e. The first-order chi connectivity index (χ1) is 11.6. The Bertz CT molecular complexity index is 940. The number of methoxy groups -OCH3 is 2. The van der Waals surface area contributed by atoms with Gasteiger partial charge in [-0.2, -0.15) is 0 Å². The van der Waals surface area contributed by atoms with Gasteiger partial charge in [0.1, 0.15) is 5.75 Å². The van der Waals surface area contributed by atoms with Gasteiger partial charge in [0, 0.05) is 17.1 Å². The minimum absolute atomic E-state index is 0.216. The summed E-state index contributed by atoms with van der Waals surface area (Å²) >= 11 is 0. The van der Waals surface area contributed by atoms with E-state index in [9.17, 15) is 9.59 Å². The molecule has 0 radical (unpaired) electrons. The average Bonchev–Trinajstić information content (AvgIpc) is 3.00. The molecule has 0 saturated carbocycles. The number of carbonyl (C=O) groups excluding carboxylic acids is 2. The van der Waals surface area contributed by atoms with Crippen LogP contribution < -0.4 is 4.74 Å². The van der Waals surface area contributed by atoms with Gasteiger partial charge in [0.25, 0.3) is 5.91 Å². The Labute approximate surface area is 139 Å². The number of ether oxygens (including phenoxy) is 2. The monoisotopic (exact) mass is 323 g/mol. The van der Waals surface area contributed by atoms with Crippen molar-refractivity contribution in [2.45, 2.75) is 6.92 Å². The van der Waals surface area contributed by atoms with E-state index in [1.807, 2.05) is 19.1 Å². The van der Waals surface area contributed by atoms with Crippen LogP contribution in [0.3, 0.4) is 0 Å². The van der Waals surface area contributed by atoms with E-state index in [4.69, 9.17) is 9.47 Å². The van der Waals surface area contributed by atoms with Gasteiger partial charge in [-0.25, -0.2) is 4.79 Å². The number of para-hydroxylation sites is 1. The van der Waals surface area contributed by atoms with Crippen LogP contribution in [0.4, 0.5) is 0 Å². The molecule has 122 valence electrons. The van der Waals surface area contributed by atoms with Crippen LogP contribution in [-0.2, 0) is 4.74 Å². The fourth-order valence-corrected chi connectivity index (χ4v) is 2.77. The molecular weight excluding hydrogens is 306 g/mol. The van der Waals surface area contributed by atoms with Gasteiger partial charge in [-0.15, -0.1) is 0 Å². The van der Waals surface area contributed by atoms with Gasteiger partial charge in [0.2, 0.25) is 0 Å². The summed E-state index contributed by atoms with van der Waals surface area (Å²) in [6.45, 7) is 1.88. The van der Waals surface area contributed by atoms with Crippen LogP contribution in [0, 0.1) is 6.92 Å². The lowest BCUT2D eigenvalue weighted by molar-refractivity contribution is 0.0603. The van der Waals surface area contributed by atoms with Gasteiger partial charge in [-0.3, -0.25) is 9.36 Å². The number of fused-ring (bicyclic) bond motifs is 1. The van der Waals surface area contributed by atoms with Gasteiger partial charge < -0.3 is 9.47 Å². The number of rotatable bonds is 3. The molecule has 5 nitrogen and oxygen atoms in total. The van der Waals surface area contributed by atoms with Crippen LogP contribution >= 0.6 is 0 Å². The van der Waals surface area contributed by atoms with E-state index in [-0.39, 0.29) is 5.91 Å². The molecule has 0 fully saturated rings. The highest BCUT2D eigenvalue weighted by molar-refractivity contribution is 6.10. The van der Waals surface area contributed by atoms with E-state index in [1.165, 1.54) is 17.9 Å². The molecular formula is C19H17NO4. The van der Waals surface area contributed by atoms with Gasteiger partial charge in [-0.05, 0) is 36.8 Å². The molecule has 0 aliphatic heterocycles. The molecule has 0 unspecified atom stereocenters. The molecule has 5 heteroatoms. The number of nitrogens with zero attached hydrogens (tertiary/aromatic N) is 1. The summed E-state index contributed by atoms with van der Waals surface area (Å²) < 4.78 is 11.5. The van der Waals surface area contributed by atoms with Crippen molar-refractivity contribution in [2.24, 2.45) is 0 Å². The molecule has 0 bridgehead atoms. The summed E-state index contributed by atoms with van der Waals surface area (Å²) in [5, 5.41) is 0.683. The lowest BCUT2D eigenvalue weighted by Gasteiger charge is -2.08. The highest BCUT2D eigenvalue weighted by Gasteiger charge is 2.19. The number of aryl methyl sites for hydroxylation is 1. The maximum Gasteiger partial charge on any atom is 0.340 e. The maximum absolute atomic E-state index is 12.9. The summed E-state index contributed by atoms with van der Waals surface area (Å²) in [5.41, 5.74) is 2.42. The fraction of sp³-hybridized carbons (Fsp3) is 0.158. The summed E-state index contributed by atoms with van der Waals surface area (Å²) in [4.78, 5) is 24.9. The SMILES string of the molecule is COC(=O)c1cn(C(=O)c2ccc(OC)c(C)c2)c2ccccc12. The van der Waals surface area contributed by atoms with Crippen LogP contribution in [0.25, 0.3) is 10.9 Å². The molecule has 3 aromatic rings. The van der Waals surface area contributed by atoms with E-state index in [1.54, 1.807) is 37.4 Å². The first-order valence-corrected chi connectivity index (χ1v) is 7.44. The Kier molecular flexibility index (Phi) is 4.08. The zero-order valence-corrected chi connectivity index (χ0v) is 13.7. The van der Waals surface area contributed by atoms with E-state index < -0.39 is 5.97 Å². The lowest BCUT2D eigenvalue weighted by Crippen LogP contribution is -2.11. The van der Waals surface area contributed by atoms with Crippen LogP contribution in [0.1, 0.15) is 26.3 Å². The molecule has 0 aliphatic rings. The number of hydrogen-bond acceptors (Lipinski definition) is 4. The number of hydrogen-bond donors (Lipinski definition) is 0. The summed E-state index contributed by atoms with van der Waals surface area (Å²) in [7, 11) is 2.91. The Balaban J connectivity index is 2.14. The van der Waals surface area contributed by atoms with E-state index >= 15 is 0 Å².